The van der Waals surface area contributed by atoms with E-state index >= 15 is 0 Å². The molecule has 84 valence electrons. The SMILES string of the molecule is Cc1ncn(-c2cccc(C(F)(F)F)c2)n1. The van der Waals surface area contributed by atoms with Crippen LogP contribution in [-0.2, 0) is 6.18 Å². The number of halogens is 3. The molecule has 1 aromatic carbocycles. The molecule has 0 amide bonds. The van der Waals surface area contributed by atoms with Crippen LogP contribution in [-0.4, -0.2) is 14.8 Å². The molecule has 0 saturated heterocycles. The van der Waals surface area contributed by atoms with Gasteiger partial charge in [-0.25, -0.2) is 9.67 Å². The molecule has 0 unspecified atom stereocenters. The van der Waals surface area contributed by atoms with Crippen molar-refractivity contribution in [2.24, 2.45) is 0 Å². The molecule has 3 nitrogen and oxygen atoms in total. The van der Waals surface area contributed by atoms with Gasteiger partial charge in [-0.2, -0.15) is 18.3 Å². The van der Waals surface area contributed by atoms with Gasteiger partial charge in [-0.15, -0.1) is 0 Å². The molecule has 0 aliphatic carbocycles. The quantitative estimate of drug-likeness (QED) is 0.749. The van der Waals surface area contributed by atoms with Crippen molar-refractivity contribution < 1.29 is 13.2 Å². The zero-order valence-corrected chi connectivity index (χ0v) is 8.36. The Morgan fingerprint density at radius 1 is 1.25 bits per heavy atom. The molecule has 2 aromatic rings. The molecular formula is C10H8F3N3. The van der Waals surface area contributed by atoms with E-state index in [9.17, 15) is 13.2 Å². The Morgan fingerprint density at radius 2 is 2.00 bits per heavy atom. The normalized spacial score (nSPS) is 11.8. The molecule has 0 aliphatic heterocycles. The van der Waals surface area contributed by atoms with Crippen LogP contribution >= 0.6 is 0 Å². The molecule has 0 saturated carbocycles. The van der Waals surface area contributed by atoms with Crippen molar-refractivity contribution in [3.63, 3.8) is 0 Å². The maximum absolute atomic E-state index is 12.4. The first-order valence-corrected chi connectivity index (χ1v) is 4.53. The predicted molar refractivity (Wildman–Crippen MR) is 51.1 cm³/mol. The number of aromatic nitrogens is 3. The lowest BCUT2D eigenvalue weighted by molar-refractivity contribution is -0.137. The van der Waals surface area contributed by atoms with Crippen LogP contribution in [0.5, 0.6) is 0 Å². The molecule has 2 rings (SSSR count). The minimum atomic E-state index is -4.34. The summed E-state index contributed by atoms with van der Waals surface area (Å²) in [5.41, 5.74) is -0.353. The molecule has 6 heteroatoms. The van der Waals surface area contributed by atoms with E-state index < -0.39 is 11.7 Å². The Hall–Kier alpha value is -1.85. The molecule has 0 atom stereocenters. The van der Waals surface area contributed by atoms with Crippen LogP contribution in [0.4, 0.5) is 13.2 Å². The summed E-state index contributed by atoms with van der Waals surface area (Å²) >= 11 is 0. The highest BCUT2D eigenvalue weighted by molar-refractivity contribution is 5.35. The van der Waals surface area contributed by atoms with E-state index in [1.54, 1.807) is 13.0 Å². The summed E-state index contributed by atoms with van der Waals surface area (Å²) in [6, 6.07) is 4.94. The number of alkyl halides is 3. The van der Waals surface area contributed by atoms with Crippen LogP contribution in [0.3, 0.4) is 0 Å². The van der Waals surface area contributed by atoms with Gasteiger partial charge in [-0.3, -0.25) is 0 Å². The summed E-state index contributed by atoms with van der Waals surface area (Å²) < 4.78 is 38.6. The van der Waals surface area contributed by atoms with E-state index in [1.165, 1.54) is 17.1 Å². The van der Waals surface area contributed by atoms with Crippen LogP contribution in [0.15, 0.2) is 30.6 Å². The largest absolute Gasteiger partial charge is 0.416 e. The number of benzene rings is 1. The maximum Gasteiger partial charge on any atom is 0.416 e. The zero-order chi connectivity index (χ0) is 11.8. The molecule has 1 heterocycles. The third kappa shape index (κ3) is 2.05. The molecule has 0 radical (unpaired) electrons. The second-order valence-electron chi connectivity index (χ2n) is 3.28. The second kappa shape index (κ2) is 3.62. The summed E-state index contributed by atoms with van der Waals surface area (Å²) in [6.45, 7) is 1.67. The Morgan fingerprint density at radius 3 is 2.56 bits per heavy atom. The average molecular weight is 227 g/mol. The van der Waals surface area contributed by atoms with Crippen molar-refractivity contribution in [2.45, 2.75) is 13.1 Å². The summed E-state index contributed by atoms with van der Waals surface area (Å²) in [4.78, 5) is 3.86. The van der Waals surface area contributed by atoms with E-state index in [4.69, 9.17) is 0 Å². The molecule has 0 fully saturated rings. The van der Waals surface area contributed by atoms with Crippen molar-refractivity contribution in [3.8, 4) is 5.69 Å². The first kappa shape index (κ1) is 10.7. The van der Waals surface area contributed by atoms with Crippen molar-refractivity contribution in [2.75, 3.05) is 0 Å². The Kier molecular flexibility index (Phi) is 2.41. The van der Waals surface area contributed by atoms with Crippen LogP contribution in [0.25, 0.3) is 5.69 Å². The molecule has 0 N–H and O–H groups in total. The smallest absolute Gasteiger partial charge is 0.221 e. The summed E-state index contributed by atoms with van der Waals surface area (Å²) in [6.07, 6.45) is -2.96. The van der Waals surface area contributed by atoms with E-state index in [2.05, 4.69) is 10.1 Å². The fourth-order valence-corrected chi connectivity index (χ4v) is 1.29. The van der Waals surface area contributed by atoms with Crippen LogP contribution < -0.4 is 0 Å². The van der Waals surface area contributed by atoms with Gasteiger partial charge < -0.3 is 0 Å². The third-order valence-electron chi connectivity index (χ3n) is 2.04. The molecule has 1 aromatic heterocycles. The van der Waals surface area contributed by atoms with E-state index in [0.717, 1.165) is 12.1 Å². The highest BCUT2D eigenvalue weighted by atomic mass is 19.4. The van der Waals surface area contributed by atoms with Gasteiger partial charge in [0.25, 0.3) is 0 Å². The minimum Gasteiger partial charge on any atom is -0.221 e. The molecule has 0 spiro atoms. The van der Waals surface area contributed by atoms with Crippen LogP contribution in [0.1, 0.15) is 11.4 Å². The lowest BCUT2D eigenvalue weighted by Gasteiger charge is -2.08. The minimum absolute atomic E-state index is 0.343. The van der Waals surface area contributed by atoms with Gasteiger partial charge in [-0.1, -0.05) is 6.07 Å². The first-order valence-electron chi connectivity index (χ1n) is 4.53. The van der Waals surface area contributed by atoms with Crippen LogP contribution in [0.2, 0.25) is 0 Å². The number of rotatable bonds is 1. The maximum atomic E-state index is 12.4. The highest BCUT2D eigenvalue weighted by Gasteiger charge is 2.30. The van der Waals surface area contributed by atoms with Gasteiger partial charge >= 0.3 is 6.18 Å². The van der Waals surface area contributed by atoms with Crippen molar-refractivity contribution in [1.29, 1.82) is 0 Å². The van der Waals surface area contributed by atoms with Gasteiger partial charge in [0, 0.05) is 0 Å². The molecule has 16 heavy (non-hydrogen) atoms. The number of hydrogen-bond donors (Lipinski definition) is 0. The monoisotopic (exact) mass is 227 g/mol. The molecule has 0 aliphatic rings. The fraction of sp³-hybridized carbons (Fsp3) is 0.200. The van der Waals surface area contributed by atoms with Crippen molar-refractivity contribution >= 4 is 0 Å². The van der Waals surface area contributed by atoms with Crippen LogP contribution in [0, 0.1) is 6.92 Å². The fourth-order valence-electron chi connectivity index (χ4n) is 1.29. The lowest BCUT2D eigenvalue weighted by atomic mass is 10.2. The van der Waals surface area contributed by atoms with Gasteiger partial charge in [0.05, 0.1) is 11.3 Å². The van der Waals surface area contributed by atoms with Gasteiger partial charge in [-0.05, 0) is 25.1 Å². The lowest BCUT2D eigenvalue weighted by Crippen LogP contribution is -2.06. The first-order chi connectivity index (χ1) is 7.47. The summed E-state index contributed by atoms with van der Waals surface area (Å²) in [5.74, 6) is 0.511. The Balaban J connectivity index is 2.44. The van der Waals surface area contributed by atoms with Gasteiger partial charge in [0.2, 0.25) is 0 Å². The second-order valence-corrected chi connectivity index (χ2v) is 3.28. The predicted octanol–water partition coefficient (Wildman–Crippen LogP) is 2.59. The summed E-state index contributed by atoms with van der Waals surface area (Å²) in [5, 5.41) is 3.94. The Labute approximate surface area is 89.5 Å². The van der Waals surface area contributed by atoms with E-state index in [0.29, 0.717) is 11.5 Å². The van der Waals surface area contributed by atoms with Gasteiger partial charge in [0.1, 0.15) is 12.2 Å². The number of aryl methyl sites for hydroxylation is 1. The standard InChI is InChI=1S/C10H8F3N3/c1-7-14-6-16(15-7)9-4-2-3-8(5-9)10(11,12)13/h2-6H,1H3. The van der Waals surface area contributed by atoms with E-state index in [1.807, 2.05) is 0 Å². The third-order valence-corrected chi connectivity index (χ3v) is 2.04. The molecule has 0 bridgehead atoms. The van der Waals surface area contributed by atoms with Gasteiger partial charge in [0.15, 0.2) is 0 Å². The number of nitrogens with zero attached hydrogens (tertiary/aromatic N) is 3. The molecular weight excluding hydrogens is 219 g/mol. The Bertz CT molecular complexity index is 502. The zero-order valence-electron chi connectivity index (χ0n) is 8.36. The topological polar surface area (TPSA) is 30.7 Å². The summed E-state index contributed by atoms with van der Waals surface area (Å²) in [7, 11) is 0. The van der Waals surface area contributed by atoms with E-state index in [-0.39, 0.29) is 0 Å². The number of hydrogen-bond acceptors (Lipinski definition) is 2. The highest BCUT2D eigenvalue weighted by Crippen LogP contribution is 2.30. The van der Waals surface area contributed by atoms with Crippen molar-refractivity contribution in [1.82, 2.24) is 14.8 Å². The average Bonchev–Trinajstić information content (AvgIpc) is 2.64. The van der Waals surface area contributed by atoms with Crippen molar-refractivity contribution in [3.05, 3.63) is 42.0 Å².